The van der Waals surface area contributed by atoms with Crippen LogP contribution in [0.2, 0.25) is 0 Å². The van der Waals surface area contributed by atoms with Crippen molar-refractivity contribution in [3.05, 3.63) is 60.4 Å². The second-order valence-electron chi connectivity index (χ2n) is 4.35. The molecule has 0 unspecified atom stereocenters. The minimum absolute atomic E-state index is 0.274. The average Bonchev–Trinajstić information content (AvgIpc) is 2.83. The van der Waals surface area contributed by atoms with Crippen LogP contribution < -0.4 is 0 Å². The van der Waals surface area contributed by atoms with Gasteiger partial charge in [0, 0.05) is 0 Å². The first kappa shape index (κ1) is 11.9. The van der Waals surface area contributed by atoms with Crippen LogP contribution in [-0.2, 0) is 10.0 Å². The van der Waals surface area contributed by atoms with E-state index in [0.717, 1.165) is 5.56 Å². The van der Waals surface area contributed by atoms with E-state index in [9.17, 15) is 8.42 Å². The van der Waals surface area contributed by atoms with Crippen LogP contribution in [0.5, 0.6) is 0 Å². The quantitative estimate of drug-likeness (QED) is 0.720. The van der Waals surface area contributed by atoms with Crippen molar-refractivity contribution in [2.75, 3.05) is 0 Å². The normalized spacial score (nSPS) is 11.8. The van der Waals surface area contributed by atoms with Gasteiger partial charge in [-0.1, -0.05) is 24.3 Å². The van der Waals surface area contributed by atoms with Crippen LogP contribution in [0, 0.1) is 6.92 Å². The molecule has 0 saturated heterocycles. The Labute approximate surface area is 111 Å². The molecule has 96 valence electrons. The molecule has 4 nitrogen and oxygen atoms in total. The van der Waals surface area contributed by atoms with Gasteiger partial charge in [0.15, 0.2) is 0 Å². The molecule has 19 heavy (non-hydrogen) atoms. The molecular formula is C14H12N2O2S. The second-order valence-corrected chi connectivity index (χ2v) is 6.17. The number of para-hydroxylation sites is 2. The summed E-state index contributed by atoms with van der Waals surface area (Å²) in [7, 11) is -3.59. The summed E-state index contributed by atoms with van der Waals surface area (Å²) in [6.45, 7) is 1.87. The largest absolute Gasteiger partial charge is 0.269 e. The standard InChI is InChI=1S/C14H12N2O2S/c1-11-5-4-6-12(9-11)19(17,18)16-10-15-13-7-2-3-8-14(13)16/h2-10H,1H3. The van der Waals surface area contributed by atoms with Gasteiger partial charge in [-0.2, -0.15) is 0 Å². The first-order chi connectivity index (χ1) is 9.09. The van der Waals surface area contributed by atoms with Crippen molar-refractivity contribution in [2.24, 2.45) is 0 Å². The van der Waals surface area contributed by atoms with Crippen LogP contribution >= 0.6 is 0 Å². The summed E-state index contributed by atoms with van der Waals surface area (Å²) < 4.78 is 26.4. The zero-order valence-electron chi connectivity index (χ0n) is 10.3. The van der Waals surface area contributed by atoms with Gasteiger partial charge in [0.05, 0.1) is 15.9 Å². The van der Waals surface area contributed by atoms with Crippen molar-refractivity contribution in [1.82, 2.24) is 8.96 Å². The monoisotopic (exact) mass is 272 g/mol. The van der Waals surface area contributed by atoms with Crippen LogP contribution in [0.1, 0.15) is 5.56 Å². The molecule has 0 aliphatic carbocycles. The Morgan fingerprint density at radius 1 is 1.05 bits per heavy atom. The fraction of sp³-hybridized carbons (Fsp3) is 0.0714. The zero-order valence-corrected chi connectivity index (χ0v) is 11.1. The first-order valence-corrected chi connectivity index (χ1v) is 7.27. The van der Waals surface area contributed by atoms with E-state index >= 15 is 0 Å². The number of nitrogens with zero attached hydrogens (tertiary/aromatic N) is 2. The van der Waals surface area contributed by atoms with Crippen molar-refractivity contribution in [3.63, 3.8) is 0 Å². The Balaban J connectivity index is 2.26. The van der Waals surface area contributed by atoms with Crippen LogP contribution in [0.3, 0.4) is 0 Å². The molecule has 0 N–H and O–H groups in total. The number of benzene rings is 2. The fourth-order valence-electron chi connectivity index (χ4n) is 2.02. The summed E-state index contributed by atoms with van der Waals surface area (Å²) in [5, 5.41) is 0. The summed E-state index contributed by atoms with van der Waals surface area (Å²) in [6.07, 6.45) is 1.35. The smallest absolute Gasteiger partial charge is 0.236 e. The van der Waals surface area contributed by atoms with Crippen molar-refractivity contribution in [3.8, 4) is 0 Å². The molecule has 0 atom stereocenters. The minimum Gasteiger partial charge on any atom is -0.236 e. The van der Waals surface area contributed by atoms with E-state index < -0.39 is 10.0 Å². The Morgan fingerprint density at radius 3 is 2.63 bits per heavy atom. The predicted molar refractivity (Wildman–Crippen MR) is 73.5 cm³/mol. The van der Waals surface area contributed by atoms with Gasteiger partial charge in [-0.3, -0.25) is 0 Å². The predicted octanol–water partition coefficient (Wildman–Crippen LogP) is 2.58. The van der Waals surface area contributed by atoms with Gasteiger partial charge in [-0.25, -0.2) is 17.4 Å². The van der Waals surface area contributed by atoms with Gasteiger partial charge in [0.1, 0.15) is 6.33 Å². The number of aromatic nitrogens is 2. The number of rotatable bonds is 2. The number of hydrogen-bond acceptors (Lipinski definition) is 3. The molecule has 1 heterocycles. The van der Waals surface area contributed by atoms with Crippen LogP contribution in [0.25, 0.3) is 11.0 Å². The summed E-state index contributed by atoms with van der Waals surface area (Å²) in [4.78, 5) is 4.39. The highest BCUT2D eigenvalue weighted by Gasteiger charge is 2.19. The van der Waals surface area contributed by atoms with Gasteiger partial charge in [-0.15, -0.1) is 0 Å². The fourth-order valence-corrected chi connectivity index (χ4v) is 3.41. The lowest BCUT2D eigenvalue weighted by Gasteiger charge is -2.07. The number of hydrogen-bond donors (Lipinski definition) is 0. The van der Waals surface area contributed by atoms with Gasteiger partial charge in [0.25, 0.3) is 10.0 Å². The molecule has 0 aliphatic rings. The lowest BCUT2D eigenvalue weighted by molar-refractivity contribution is 0.588. The molecule has 0 bridgehead atoms. The third-order valence-corrected chi connectivity index (χ3v) is 4.63. The van der Waals surface area contributed by atoms with E-state index in [2.05, 4.69) is 4.98 Å². The van der Waals surface area contributed by atoms with Crippen molar-refractivity contribution >= 4 is 21.1 Å². The molecule has 2 aromatic carbocycles. The van der Waals surface area contributed by atoms with Gasteiger partial charge >= 0.3 is 0 Å². The molecular weight excluding hydrogens is 260 g/mol. The summed E-state index contributed by atoms with van der Waals surface area (Å²) in [5.41, 5.74) is 2.16. The highest BCUT2D eigenvalue weighted by atomic mass is 32.2. The Kier molecular flexibility index (Phi) is 2.64. The lowest BCUT2D eigenvalue weighted by atomic mass is 10.2. The van der Waals surface area contributed by atoms with Crippen LogP contribution in [-0.4, -0.2) is 17.4 Å². The average molecular weight is 272 g/mol. The third-order valence-electron chi connectivity index (χ3n) is 2.97. The number of fused-ring (bicyclic) bond motifs is 1. The molecule has 0 amide bonds. The van der Waals surface area contributed by atoms with Crippen molar-refractivity contribution in [1.29, 1.82) is 0 Å². The molecule has 0 aliphatic heterocycles. The highest BCUT2D eigenvalue weighted by Crippen LogP contribution is 2.20. The van der Waals surface area contributed by atoms with Crippen LogP contribution in [0.4, 0.5) is 0 Å². The molecule has 0 radical (unpaired) electrons. The van der Waals surface area contributed by atoms with E-state index in [-0.39, 0.29) is 4.90 Å². The van der Waals surface area contributed by atoms with Gasteiger partial charge in [0.2, 0.25) is 0 Å². The molecule has 0 spiro atoms. The Morgan fingerprint density at radius 2 is 1.84 bits per heavy atom. The van der Waals surface area contributed by atoms with E-state index in [1.165, 1.54) is 10.3 Å². The molecule has 0 fully saturated rings. The number of imidazole rings is 1. The lowest BCUT2D eigenvalue weighted by Crippen LogP contribution is -2.11. The first-order valence-electron chi connectivity index (χ1n) is 5.83. The highest BCUT2D eigenvalue weighted by molar-refractivity contribution is 7.90. The molecule has 0 saturated carbocycles. The topological polar surface area (TPSA) is 52.0 Å². The molecule has 3 aromatic rings. The molecule has 1 aromatic heterocycles. The second kappa shape index (κ2) is 4.20. The molecule has 5 heteroatoms. The maximum absolute atomic E-state index is 12.6. The van der Waals surface area contributed by atoms with Crippen molar-refractivity contribution < 1.29 is 8.42 Å². The van der Waals surface area contributed by atoms with E-state index in [1.807, 2.05) is 19.1 Å². The molecule has 3 rings (SSSR count). The van der Waals surface area contributed by atoms with Crippen molar-refractivity contribution in [2.45, 2.75) is 11.8 Å². The Hall–Kier alpha value is -2.14. The van der Waals surface area contributed by atoms with Gasteiger partial charge < -0.3 is 0 Å². The maximum Gasteiger partial charge on any atom is 0.269 e. The number of aryl methyl sites for hydroxylation is 1. The van der Waals surface area contributed by atoms with Crippen LogP contribution in [0.15, 0.2) is 59.8 Å². The van der Waals surface area contributed by atoms with Gasteiger partial charge in [-0.05, 0) is 36.8 Å². The van der Waals surface area contributed by atoms with E-state index in [0.29, 0.717) is 11.0 Å². The minimum atomic E-state index is -3.59. The SMILES string of the molecule is Cc1cccc(S(=O)(=O)n2cnc3ccccc32)c1. The summed E-state index contributed by atoms with van der Waals surface area (Å²) in [6, 6.07) is 14.0. The Bertz CT molecular complexity index is 851. The van der Waals surface area contributed by atoms with E-state index in [4.69, 9.17) is 0 Å². The summed E-state index contributed by atoms with van der Waals surface area (Å²) >= 11 is 0. The van der Waals surface area contributed by atoms with E-state index in [1.54, 1.807) is 36.4 Å². The maximum atomic E-state index is 12.6. The summed E-state index contributed by atoms with van der Waals surface area (Å²) in [5.74, 6) is 0. The zero-order chi connectivity index (χ0) is 13.5. The third kappa shape index (κ3) is 1.92.